The first-order chi connectivity index (χ1) is 8.21. The third-order valence-electron chi connectivity index (χ3n) is 1.87. The highest BCUT2D eigenvalue weighted by Crippen LogP contribution is 2.27. The molecule has 0 fully saturated rings. The molecule has 1 heterocycles. The average Bonchev–Trinajstić information content (AvgIpc) is 2.81. The normalized spacial score (nSPS) is 12.4. The fourth-order valence-electron chi connectivity index (χ4n) is 1.09. The highest BCUT2D eigenvalue weighted by atomic mass is 32.2. The lowest BCUT2D eigenvalue weighted by Crippen LogP contribution is -2.39. The van der Waals surface area contributed by atoms with Crippen molar-refractivity contribution in [2.45, 2.75) is 21.6 Å². The number of rotatable bonds is 7. The summed E-state index contributed by atoms with van der Waals surface area (Å²) >= 11 is 4.62. The molecule has 0 amide bonds. The summed E-state index contributed by atoms with van der Waals surface area (Å²) in [5.74, 6) is 0.359. The van der Waals surface area contributed by atoms with Gasteiger partial charge in [-0.2, -0.15) is 0 Å². The molecule has 5 nitrogen and oxygen atoms in total. The topological polar surface area (TPSA) is 64.1 Å². The molecule has 1 N–H and O–H groups in total. The molecule has 0 aromatic carbocycles. The SMILES string of the molecule is CCNC(CSc1nnc(SC)s1)C(=O)OC. The second-order valence-corrected chi connectivity index (χ2v) is 6.28. The minimum Gasteiger partial charge on any atom is -0.468 e. The lowest BCUT2D eigenvalue weighted by molar-refractivity contribution is -0.142. The Morgan fingerprint density at radius 1 is 1.53 bits per heavy atom. The van der Waals surface area contributed by atoms with E-state index in [2.05, 4.69) is 15.5 Å². The van der Waals surface area contributed by atoms with Crippen LogP contribution in [0.15, 0.2) is 8.68 Å². The van der Waals surface area contributed by atoms with E-state index in [4.69, 9.17) is 4.74 Å². The van der Waals surface area contributed by atoms with Gasteiger partial charge in [-0.1, -0.05) is 41.8 Å². The molecule has 0 aliphatic rings. The molecule has 8 heteroatoms. The quantitative estimate of drug-likeness (QED) is 0.604. The van der Waals surface area contributed by atoms with Crippen LogP contribution in [0.1, 0.15) is 6.92 Å². The summed E-state index contributed by atoms with van der Waals surface area (Å²) in [6.07, 6.45) is 1.96. The van der Waals surface area contributed by atoms with Crippen molar-refractivity contribution in [2.24, 2.45) is 0 Å². The van der Waals surface area contributed by atoms with Gasteiger partial charge in [0, 0.05) is 5.75 Å². The molecular weight excluding hydrogens is 278 g/mol. The predicted molar refractivity (Wildman–Crippen MR) is 71.9 cm³/mol. The van der Waals surface area contributed by atoms with E-state index in [-0.39, 0.29) is 12.0 Å². The largest absolute Gasteiger partial charge is 0.468 e. The van der Waals surface area contributed by atoms with E-state index in [9.17, 15) is 4.79 Å². The number of carbonyl (C=O) groups is 1. The number of thioether (sulfide) groups is 2. The Bertz CT molecular complexity index is 359. The zero-order valence-corrected chi connectivity index (χ0v) is 12.4. The van der Waals surface area contributed by atoms with Gasteiger partial charge in [0.2, 0.25) is 0 Å². The number of hydrogen-bond acceptors (Lipinski definition) is 8. The third-order valence-corrected chi connectivity index (χ3v) is 5.00. The zero-order valence-electron chi connectivity index (χ0n) is 9.93. The molecule has 96 valence electrons. The van der Waals surface area contributed by atoms with Gasteiger partial charge < -0.3 is 10.1 Å². The summed E-state index contributed by atoms with van der Waals surface area (Å²) in [4.78, 5) is 11.4. The Labute approximate surface area is 113 Å². The summed E-state index contributed by atoms with van der Waals surface area (Å²) in [5.41, 5.74) is 0. The molecule has 1 aromatic rings. The first-order valence-corrected chi connectivity index (χ1v) is 8.05. The molecule has 1 atom stereocenters. The lowest BCUT2D eigenvalue weighted by atomic mass is 10.3. The second kappa shape index (κ2) is 7.91. The Kier molecular flexibility index (Phi) is 6.86. The standard InChI is InChI=1S/C9H15N3O2S3/c1-4-10-6(7(13)14-2)5-16-9-12-11-8(15-3)17-9/h6,10H,4-5H2,1-3H3. The Morgan fingerprint density at radius 3 is 2.76 bits per heavy atom. The first-order valence-electron chi connectivity index (χ1n) is 5.02. The molecular formula is C9H15N3O2S3. The number of hydrogen-bond donors (Lipinski definition) is 1. The van der Waals surface area contributed by atoms with E-state index in [0.29, 0.717) is 5.75 Å². The highest BCUT2D eigenvalue weighted by Gasteiger charge is 2.18. The second-order valence-electron chi connectivity index (χ2n) is 2.98. The summed E-state index contributed by atoms with van der Waals surface area (Å²) < 4.78 is 6.54. The Morgan fingerprint density at radius 2 is 2.24 bits per heavy atom. The van der Waals surface area contributed by atoms with Crippen LogP contribution in [0.25, 0.3) is 0 Å². The number of likely N-dealkylation sites (N-methyl/N-ethyl adjacent to an activating group) is 1. The molecule has 0 spiro atoms. The summed E-state index contributed by atoms with van der Waals surface area (Å²) in [7, 11) is 1.40. The molecule has 0 saturated carbocycles. The van der Waals surface area contributed by atoms with Crippen molar-refractivity contribution in [3.63, 3.8) is 0 Å². The minimum absolute atomic E-state index is 0.242. The van der Waals surface area contributed by atoms with Gasteiger partial charge in [0.05, 0.1) is 7.11 Å². The van der Waals surface area contributed by atoms with E-state index >= 15 is 0 Å². The number of carbonyl (C=O) groups excluding carboxylic acids is 1. The summed E-state index contributed by atoms with van der Waals surface area (Å²) in [6, 6.07) is -0.295. The lowest BCUT2D eigenvalue weighted by Gasteiger charge is -2.13. The molecule has 17 heavy (non-hydrogen) atoms. The van der Waals surface area contributed by atoms with Crippen LogP contribution in [0.2, 0.25) is 0 Å². The van der Waals surface area contributed by atoms with Crippen molar-refractivity contribution in [1.82, 2.24) is 15.5 Å². The maximum absolute atomic E-state index is 11.4. The number of ether oxygens (including phenoxy) is 1. The van der Waals surface area contributed by atoms with Gasteiger partial charge in [-0.25, -0.2) is 0 Å². The fourth-order valence-corrected chi connectivity index (χ4v) is 3.59. The van der Waals surface area contributed by atoms with Crippen LogP contribution in [-0.4, -0.2) is 47.9 Å². The van der Waals surface area contributed by atoms with Crippen molar-refractivity contribution in [1.29, 1.82) is 0 Å². The number of nitrogens with zero attached hydrogens (tertiary/aromatic N) is 2. The van der Waals surface area contributed by atoms with Crippen LogP contribution in [0.4, 0.5) is 0 Å². The average molecular weight is 293 g/mol. The van der Waals surface area contributed by atoms with Gasteiger partial charge in [0.1, 0.15) is 6.04 Å². The van der Waals surface area contributed by atoms with Crippen LogP contribution in [-0.2, 0) is 9.53 Å². The van der Waals surface area contributed by atoms with E-state index < -0.39 is 0 Å². The molecule has 1 unspecified atom stereocenters. The Balaban J connectivity index is 2.48. The van der Waals surface area contributed by atoms with Crippen LogP contribution >= 0.6 is 34.9 Å². The van der Waals surface area contributed by atoms with Gasteiger partial charge in [0.25, 0.3) is 0 Å². The van der Waals surface area contributed by atoms with Crippen LogP contribution in [0.3, 0.4) is 0 Å². The number of esters is 1. The zero-order chi connectivity index (χ0) is 12.7. The van der Waals surface area contributed by atoms with Crippen molar-refractivity contribution in [3.05, 3.63) is 0 Å². The Hall–Kier alpha value is -0.310. The number of aromatic nitrogens is 2. The summed E-state index contributed by atoms with van der Waals surface area (Å²) in [6.45, 7) is 2.68. The molecule has 0 aliphatic heterocycles. The van der Waals surface area contributed by atoms with E-state index in [1.165, 1.54) is 30.2 Å². The van der Waals surface area contributed by atoms with Crippen molar-refractivity contribution in [3.8, 4) is 0 Å². The first kappa shape index (κ1) is 14.7. The minimum atomic E-state index is -0.295. The van der Waals surface area contributed by atoms with Crippen molar-refractivity contribution < 1.29 is 9.53 Å². The molecule has 1 rings (SSSR count). The highest BCUT2D eigenvalue weighted by molar-refractivity contribution is 8.03. The molecule has 0 bridgehead atoms. The van der Waals surface area contributed by atoms with Gasteiger partial charge >= 0.3 is 5.97 Å². The van der Waals surface area contributed by atoms with Crippen LogP contribution in [0, 0.1) is 0 Å². The monoisotopic (exact) mass is 293 g/mol. The molecule has 1 aromatic heterocycles. The van der Waals surface area contributed by atoms with Crippen molar-refractivity contribution >= 4 is 40.8 Å². The smallest absolute Gasteiger partial charge is 0.323 e. The van der Waals surface area contributed by atoms with Crippen LogP contribution in [0.5, 0.6) is 0 Å². The van der Waals surface area contributed by atoms with Gasteiger partial charge in [0.15, 0.2) is 8.68 Å². The molecule has 0 saturated heterocycles. The number of nitrogens with one attached hydrogen (secondary N) is 1. The maximum atomic E-state index is 11.4. The molecule has 0 aliphatic carbocycles. The molecule has 0 radical (unpaired) electrons. The van der Waals surface area contributed by atoms with Gasteiger partial charge in [-0.3, -0.25) is 4.79 Å². The number of methoxy groups -OCH3 is 1. The van der Waals surface area contributed by atoms with E-state index in [0.717, 1.165) is 15.2 Å². The maximum Gasteiger partial charge on any atom is 0.323 e. The van der Waals surface area contributed by atoms with Crippen LogP contribution < -0.4 is 5.32 Å². The fraction of sp³-hybridized carbons (Fsp3) is 0.667. The summed E-state index contributed by atoms with van der Waals surface area (Å²) in [5, 5.41) is 11.1. The van der Waals surface area contributed by atoms with E-state index in [1.54, 1.807) is 11.8 Å². The predicted octanol–water partition coefficient (Wildman–Crippen LogP) is 1.50. The van der Waals surface area contributed by atoms with Crippen molar-refractivity contribution in [2.75, 3.05) is 25.7 Å². The van der Waals surface area contributed by atoms with Gasteiger partial charge in [-0.05, 0) is 12.8 Å². The van der Waals surface area contributed by atoms with Gasteiger partial charge in [-0.15, -0.1) is 10.2 Å². The van der Waals surface area contributed by atoms with E-state index in [1.807, 2.05) is 13.2 Å². The third kappa shape index (κ3) is 4.82.